The van der Waals surface area contributed by atoms with Crippen LogP contribution in [0.2, 0.25) is 0 Å². The standard InChI is InChI=1S/C8H8F2INO/c1-4-2-6(7(9)10)12-8(11)5(4)3-13/h2,7,13H,3H2,1H3. The summed E-state index contributed by atoms with van der Waals surface area (Å²) in [6.45, 7) is 1.52. The molecule has 0 aliphatic rings. The molecule has 0 unspecified atom stereocenters. The van der Waals surface area contributed by atoms with E-state index < -0.39 is 6.43 Å². The second-order valence-electron chi connectivity index (χ2n) is 2.59. The Labute approximate surface area is 88.1 Å². The number of rotatable bonds is 2. The van der Waals surface area contributed by atoms with Crippen LogP contribution in [-0.2, 0) is 6.61 Å². The van der Waals surface area contributed by atoms with Crippen molar-refractivity contribution in [3.05, 3.63) is 26.6 Å². The topological polar surface area (TPSA) is 33.1 Å². The first-order valence-corrected chi connectivity index (χ1v) is 4.69. The van der Waals surface area contributed by atoms with Crippen molar-refractivity contribution in [1.29, 1.82) is 0 Å². The van der Waals surface area contributed by atoms with Crippen molar-refractivity contribution < 1.29 is 13.9 Å². The maximum absolute atomic E-state index is 12.2. The summed E-state index contributed by atoms with van der Waals surface area (Å²) >= 11 is 1.84. The number of hydrogen-bond acceptors (Lipinski definition) is 2. The maximum atomic E-state index is 12.2. The highest BCUT2D eigenvalue weighted by Gasteiger charge is 2.13. The molecule has 1 rings (SSSR count). The third-order valence-corrected chi connectivity index (χ3v) is 2.59. The van der Waals surface area contributed by atoms with Gasteiger partial charge in [0, 0.05) is 5.56 Å². The molecule has 0 radical (unpaired) electrons. The molecule has 72 valence electrons. The van der Waals surface area contributed by atoms with Gasteiger partial charge in [0.05, 0.1) is 6.61 Å². The first kappa shape index (κ1) is 10.8. The highest BCUT2D eigenvalue weighted by atomic mass is 127. The van der Waals surface area contributed by atoms with Crippen LogP contribution in [0.3, 0.4) is 0 Å². The Bertz CT molecular complexity index is 294. The quantitative estimate of drug-likeness (QED) is 0.672. The molecule has 1 heterocycles. The summed E-state index contributed by atoms with van der Waals surface area (Å²) in [6, 6.07) is 1.30. The molecule has 0 aromatic carbocycles. The molecule has 0 saturated heterocycles. The zero-order chi connectivity index (χ0) is 10.0. The van der Waals surface area contributed by atoms with Gasteiger partial charge >= 0.3 is 0 Å². The molecular formula is C8H8F2INO. The van der Waals surface area contributed by atoms with Crippen LogP contribution >= 0.6 is 22.6 Å². The molecule has 1 aromatic heterocycles. The molecule has 2 nitrogen and oxygen atoms in total. The van der Waals surface area contributed by atoms with Gasteiger partial charge in [-0.05, 0) is 41.1 Å². The fraction of sp³-hybridized carbons (Fsp3) is 0.375. The van der Waals surface area contributed by atoms with E-state index in [-0.39, 0.29) is 12.3 Å². The van der Waals surface area contributed by atoms with E-state index in [0.717, 1.165) is 0 Å². The molecule has 5 heteroatoms. The summed E-state index contributed by atoms with van der Waals surface area (Å²) in [5.74, 6) is 0. The van der Waals surface area contributed by atoms with Gasteiger partial charge in [0.1, 0.15) is 9.39 Å². The number of nitrogens with zero attached hydrogens (tertiary/aromatic N) is 1. The van der Waals surface area contributed by atoms with E-state index in [1.54, 1.807) is 6.92 Å². The van der Waals surface area contributed by atoms with E-state index in [2.05, 4.69) is 4.98 Å². The van der Waals surface area contributed by atoms with Gasteiger partial charge in [-0.2, -0.15) is 0 Å². The molecule has 1 aromatic rings. The van der Waals surface area contributed by atoms with Crippen LogP contribution in [0.4, 0.5) is 8.78 Å². The summed E-state index contributed by atoms with van der Waals surface area (Å²) in [5, 5.41) is 8.90. The fourth-order valence-corrected chi connectivity index (χ4v) is 1.86. The Morgan fingerprint density at radius 2 is 2.23 bits per heavy atom. The highest BCUT2D eigenvalue weighted by Crippen LogP contribution is 2.22. The molecule has 1 N–H and O–H groups in total. The van der Waals surface area contributed by atoms with Gasteiger partial charge in [-0.15, -0.1) is 0 Å². The number of aliphatic hydroxyl groups is 1. The normalized spacial score (nSPS) is 10.9. The Morgan fingerprint density at radius 3 is 2.62 bits per heavy atom. The van der Waals surface area contributed by atoms with Crippen molar-refractivity contribution in [2.45, 2.75) is 20.0 Å². The number of aliphatic hydroxyl groups excluding tert-OH is 1. The third-order valence-electron chi connectivity index (χ3n) is 1.70. The molecule has 0 amide bonds. The summed E-state index contributed by atoms with van der Waals surface area (Å²) in [4.78, 5) is 3.68. The Kier molecular flexibility index (Phi) is 3.55. The first-order chi connectivity index (χ1) is 6.06. The molecule has 0 bridgehead atoms. The van der Waals surface area contributed by atoms with Crippen molar-refractivity contribution in [3.63, 3.8) is 0 Å². The number of halogens is 3. The van der Waals surface area contributed by atoms with Crippen LogP contribution in [0.25, 0.3) is 0 Å². The molecule has 0 spiro atoms. The van der Waals surface area contributed by atoms with Gasteiger partial charge in [0.15, 0.2) is 0 Å². The second-order valence-corrected chi connectivity index (χ2v) is 3.61. The predicted molar refractivity (Wildman–Crippen MR) is 52.6 cm³/mol. The smallest absolute Gasteiger partial charge is 0.280 e. The van der Waals surface area contributed by atoms with Gasteiger partial charge in [0.25, 0.3) is 6.43 Å². The van der Waals surface area contributed by atoms with E-state index in [1.807, 2.05) is 22.6 Å². The number of alkyl halides is 2. The largest absolute Gasteiger partial charge is 0.392 e. The lowest BCUT2D eigenvalue weighted by Gasteiger charge is -2.07. The van der Waals surface area contributed by atoms with Crippen molar-refractivity contribution in [2.75, 3.05) is 0 Å². The lowest BCUT2D eigenvalue weighted by Crippen LogP contribution is -2.01. The third kappa shape index (κ3) is 2.34. The molecule has 13 heavy (non-hydrogen) atoms. The Morgan fingerprint density at radius 1 is 1.62 bits per heavy atom. The Hall–Kier alpha value is -0.300. The molecular weight excluding hydrogens is 291 g/mol. The van der Waals surface area contributed by atoms with Crippen LogP contribution in [0.5, 0.6) is 0 Å². The van der Waals surface area contributed by atoms with E-state index in [0.29, 0.717) is 14.8 Å². The molecule has 0 aliphatic heterocycles. The predicted octanol–water partition coefficient (Wildman–Crippen LogP) is 2.42. The average molecular weight is 299 g/mol. The zero-order valence-corrected chi connectivity index (χ0v) is 9.05. The highest BCUT2D eigenvalue weighted by molar-refractivity contribution is 14.1. The van der Waals surface area contributed by atoms with E-state index in [4.69, 9.17) is 5.11 Å². The minimum atomic E-state index is -2.56. The van der Waals surface area contributed by atoms with Gasteiger partial charge < -0.3 is 5.11 Å². The molecule has 0 saturated carbocycles. The van der Waals surface area contributed by atoms with Crippen molar-refractivity contribution in [3.8, 4) is 0 Å². The molecule has 0 atom stereocenters. The van der Waals surface area contributed by atoms with Crippen molar-refractivity contribution in [1.82, 2.24) is 4.98 Å². The Balaban J connectivity index is 3.20. The van der Waals surface area contributed by atoms with Gasteiger partial charge in [-0.3, -0.25) is 0 Å². The molecule has 0 aliphatic carbocycles. The number of hydrogen-bond donors (Lipinski definition) is 1. The number of aromatic nitrogens is 1. The average Bonchev–Trinajstić information content (AvgIpc) is 2.03. The van der Waals surface area contributed by atoms with Crippen molar-refractivity contribution in [2.24, 2.45) is 0 Å². The van der Waals surface area contributed by atoms with Gasteiger partial charge in [0.2, 0.25) is 0 Å². The summed E-state index contributed by atoms with van der Waals surface area (Å²) in [5.41, 5.74) is 1.03. The van der Waals surface area contributed by atoms with Gasteiger partial charge in [-0.1, -0.05) is 0 Å². The van der Waals surface area contributed by atoms with Crippen LogP contribution in [0.15, 0.2) is 6.07 Å². The minimum absolute atomic E-state index is 0.166. The van der Waals surface area contributed by atoms with Crippen molar-refractivity contribution >= 4 is 22.6 Å². The first-order valence-electron chi connectivity index (χ1n) is 3.61. The van der Waals surface area contributed by atoms with E-state index in [9.17, 15) is 8.78 Å². The SMILES string of the molecule is Cc1cc(C(F)F)nc(I)c1CO. The lowest BCUT2D eigenvalue weighted by atomic mass is 10.1. The van der Waals surface area contributed by atoms with Crippen LogP contribution in [0, 0.1) is 10.6 Å². The minimum Gasteiger partial charge on any atom is -0.392 e. The summed E-state index contributed by atoms with van der Waals surface area (Å²) < 4.78 is 24.9. The van der Waals surface area contributed by atoms with Crippen LogP contribution in [0.1, 0.15) is 23.2 Å². The van der Waals surface area contributed by atoms with E-state index in [1.165, 1.54) is 6.07 Å². The van der Waals surface area contributed by atoms with E-state index >= 15 is 0 Å². The monoisotopic (exact) mass is 299 g/mol. The summed E-state index contributed by atoms with van der Waals surface area (Å²) in [7, 11) is 0. The van der Waals surface area contributed by atoms with Gasteiger partial charge in [-0.25, -0.2) is 13.8 Å². The second kappa shape index (κ2) is 4.28. The lowest BCUT2D eigenvalue weighted by molar-refractivity contribution is 0.145. The van der Waals surface area contributed by atoms with Crippen LogP contribution in [-0.4, -0.2) is 10.1 Å². The number of aryl methyl sites for hydroxylation is 1. The van der Waals surface area contributed by atoms with Crippen LogP contribution < -0.4 is 0 Å². The fourth-order valence-electron chi connectivity index (χ4n) is 0.986. The zero-order valence-electron chi connectivity index (χ0n) is 6.89. The maximum Gasteiger partial charge on any atom is 0.280 e. The summed E-state index contributed by atoms with van der Waals surface area (Å²) in [6.07, 6.45) is -2.56. The number of pyridine rings is 1. The molecule has 0 fully saturated rings.